The maximum Gasteiger partial charge on any atom is 0.336 e. The number of carboxylic acid groups (broad SMARTS) is 1. The van der Waals surface area contributed by atoms with Crippen molar-refractivity contribution in [1.82, 2.24) is 0 Å². The van der Waals surface area contributed by atoms with Gasteiger partial charge >= 0.3 is 5.97 Å². The molecule has 0 aliphatic rings. The van der Waals surface area contributed by atoms with E-state index >= 15 is 0 Å². The summed E-state index contributed by atoms with van der Waals surface area (Å²) < 4.78 is 0. The van der Waals surface area contributed by atoms with E-state index in [-0.39, 0.29) is 27.9 Å². The Bertz CT molecular complexity index is 788. The summed E-state index contributed by atoms with van der Waals surface area (Å²) in [6.07, 6.45) is 0. The quantitative estimate of drug-likeness (QED) is 0.810. The van der Waals surface area contributed by atoms with Gasteiger partial charge in [0.2, 0.25) is 5.91 Å². The Hall–Kier alpha value is -2.82. The molecule has 0 heterocycles. The predicted molar refractivity (Wildman–Crippen MR) is 87.7 cm³/mol. The van der Waals surface area contributed by atoms with Gasteiger partial charge in [0, 0.05) is 16.7 Å². The van der Waals surface area contributed by atoms with Crippen molar-refractivity contribution in [2.45, 2.75) is 26.2 Å². The van der Waals surface area contributed by atoms with Gasteiger partial charge in [-0.3, -0.25) is 4.79 Å². The number of carboxylic acids is 1. The van der Waals surface area contributed by atoms with Gasteiger partial charge in [-0.1, -0.05) is 26.8 Å². The number of primary amides is 1. The summed E-state index contributed by atoms with van der Waals surface area (Å²) >= 11 is 0. The summed E-state index contributed by atoms with van der Waals surface area (Å²) in [4.78, 5) is 22.9. The number of hydrogen-bond donors (Lipinski definition) is 3. The Morgan fingerprint density at radius 1 is 1.00 bits per heavy atom. The zero-order valence-corrected chi connectivity index (χ0v) is 13.3. The molecule has 0 aromatic heterocycles. The third kappa shape index (κ3) is 3.34. The van der Waals surface area contributed by atoms with Gasteiger partial charge in [-0.15, -0.1) is 0 Å². The van der Waals surface area contributed by atoms with E-state index in [9.17, 15) is 19.8 Å². The van der Waals surface area contributed by atoms with E-state index in [1.54, 1.807) is 12.1 Å². The Balaban J connectivity index is 2.76. The van der Waals surface area contributed by atoms with Crippen molar-refractivity contribution < 1.29 is 19.8 Å². The van der Waals surface area contributed by atoms with Gasteiger partial charge in [0.25, 0.3) is 0 Å². The molecule has 0 unspecified atom stereocenters. The van der Waals surface area contributed by atoms with E-state index in [0.717, 1.165) is 5.56 Å². The summed E-state index contributed by atoms with van der Waals surface area (Å²) in [6, 6.07) is 9.13. The number of phenols is 1. The number of rotatable bonds is 3. The molecule has 4 N–H and O–H groups in total. The van der Waals surface area contributed by atoms with Crippen molar-refractivity contribution in [2.24, 2.45) is 5.73 Å². The molecular weight excluding hydrogens is 294 g/mol. The van der Waals surface area contributed by atoms with Crippen molar-refractivity contribution in [3.05, 3.63) is 53.1 Å². The highest BCUT2D eigenvalue weighted by molar-refractivity contribution is 6.01. The van der Waals surface area contributed by atoms with Crippen LogP contribution in [0.3, 0.4) is 0 Å². The molecule has 0 atom stereocenters. The number of nitrogens with two attached hydrogens (primary N) is 1. The van der Waals surface area contributed by atoms with E-state index in [4.69, 9.17) is 5.73 Å². The maximum atomic E-state index is 11.5. The van der Waals surface area contributed by atoms with E-state index in [0.29, 0.717) is 5.56 Å². The van der Waals surface area contributed by atoms with Gasteiger partial charge in [-0.2, -0.15) is 0 Å². The summed E-state index contributed by atoms with van der Waals surface area (Å²) in [5.74, 6) is -1.85. The Morgan fingerprint density at radius 3 is 2.17 bits per heavy atom. The molecule has 23 heavy (non-hydrogen) atoms. The van der Waals surface area contributed by atoms with Crippen molar-refractivity contribution >= 4 is 11.9 Å². The lowest BCUT2D eigenvalue weighted by atomic mass is 9.84. The number of carbonyl (C=O) groups is 2. The lowest BCUT2D eigenvalue weighted by Gasteiger charge is -2.21. The maximum absolute atomic E-state index is 11.5. The highest BCUT2D eigenvalue weighted by Gasteiger charge is 2.20. The molecule has 0 bridgehead atoms. The fraction of sp³-hybridized carbons (Fsp3) is 0.222. The Kier molecular flexibility index (Phi) is 4.14. The Labute approximate surface area is 134 Å². The summed E-state index contributed by atoms with van der Waals surface area (Å²) in [6.45, 7) is 6.04. The van der Waals surface area contributed by atoms with E-state index in [1.807, 2.05) is 20.8 Å². The SMILES string of the molecule is CC(C)(C)c1ccc(O)c(-c2cc(C(N)=O)ccc2C(=O)O)c1. The van der Waals surface area contributed by atoms with Gasteiger partial charge in [0.05, 0.1) is 5.56 Å². The van der Waals surface area contributed by atoms with Crippen molar-refractivity contribution in [2.75, 3.05) is 0 Å². The van der Waals surface area contributed by atoms with Crippen LogP contribution in [0.4, 0.5) is 0 Å². The minimum absolute atomic E-state index is 0.00337. The number of aromatic carboxylic acids is 1. The highest BCUT2D eigenvalue weighted by atomic mass is 16.4. The van der Waals surface area contributed by atoms with E-state index in [2.05, 4.69) is 0 Å². The van der Waals surface area contributed by atoms with Crippen LogP contribution in [-0.4, -0.2) is 22.1 Å². The molecule has 0 radical (unpaired) electrons. The molecular formula is C18H19NO4. The average Bonchev–Trinajstić information content (AvgIpc) is 2.45. The summed E-state index contributed by atoms with van der Waals surface area (Å²) in [7, 11) is 0. The van der Waals surface area contributed by atoms with Gasteiger partial charge in [-0.25, -0.2) is 4.79 Å². The molecule has 5 nitrogen and oxygen atoms in total. The predicted octanol–water partition coefficient (Wildman–Crippen LogP) is 3.15. The monoisotopic (exact) mass is 313 g/mol. The van der Waals surface area contributed by atoms with Crippen LogP contribution < -0.4 is 5.73 Å². The third-order valence-corrected chi connectivity index (χ3v) is 3.69. The molecule has 5 heteroatoms. The lowest BCUT2D eigenvalue weighted by Crippen LogP contribution is -2.13. The molecule has 0 saturated carbocycles. The van der Waals surface area contributed by atoms with Crippen molar-refractivity contribution in [3.8, 4) is 16.9 Å². The molecule has 2 aromatic carbocycles. The molecule has 0 aliphatic heterocycles. The first kappa shape index (κ1) is 16.5. The van der Waals surface area contributed by atoms with Crippen LogP contribution in [0.15, 0.2) is 36.4 Å². The first-order chi connectivity index (χ1) is 10.6. The minimum atomic E-state index is -1.14. The normalized spacial score (nSPS) is 11.3. The number of phenolic OH excluding ortho intramolecular Hbond substituents is 1. The van der Waals surface area contributed by atoms with Crippen LogP contribution in [0.1, 0.15) is 47.1 Å². The van der Waals surface area contributed by atoms with E-state index in [1.165, 1.54) is 24.3 Å². The second-order valence-corrected chi connectivity index (χ2v) is 6.41. The topological polar surface area (TPSA) is 101 Å². The van der Waals surface area contributed by atoms with Gasteiger partial charge in [-0.05, 0) is 41.3 Å². The fourth-order valence-electron chi connectivity index (χ4n) is 2.33. The van der Waals surface area contributed by atoms with Crippen LogP contribution in [0.5, 0.6) is 5.75 Å². The van der Waals surface area contributed by atoms with Crippen molar-refractivity contribution in [3.63, 3.8) is 0 Å². The fourth-order valence-corrected chi connectivity index (χ4v) is 2.33. The third-order valence-electron chi connectivity index (χ3n) is 3.69. The first-order valence-corrected chi connectivity index (χ1v) is 7.12. The second-order valence-electron chi connectivity index (χ2n) is 6.41. The molecule has 0 saturated heterocycles. The number of hydrogen-bond acceptors (Lipinski definition) is 3. The number of aromatic hydroxyl groups is 1. The molecule has 2 rings (SSSR count). The number of carbonyl (C=O) groups excluding carboxylic acids is 1. The minimum Gasteiger partial charge on any atom is -0.507 e. The Morgan fingerprint density at radius 2 is 1.65 bits per heavy atom. The first-order valence-electron chi connectivity index (χ1n) is 7.12. The largest absolute Gasteiger partial charge is 0.507 e. The summed E-state index contributed by atoms with van der Waals surface area (Å²) in [5, 5.41) is 19.6. The molecule has 0 aliphatic carbocycles. The van der Waals surface area contributed by atoms with E-state index < -0.39 is 11.9 Å². The smallest absolute Gasteiger partial charge is 0.336 e. The zero-order chi connectivity index (χ0) is 17.4. The molecule has 0 spiro atoms. The summed E-state index contributed by atoms with van der Waals surface area (Å²) in [5.41, 5.74) is 6.84. The van der Waals surface area contributed by atoms with Gasteiger partial charge < -0.3 is 15.9 Å². The molecule has 1 amide bonds. The van der Waals surface area contributed by atoms with Crippen LogP contribution in [0, 0.1) is 0 Å². The van der Waals surface area contributed by atoms with Crippen LogP contribution in [0.2, 0.25) is 0 Å². The number of amides is 1. The van der Waals surface area contributed by atoms with Crippen LogP contribution >= 0.6 is 0 Å². The van der Waals surface area contributed by atoms with Crippen LogP contribution in [0.25, 0.3) is 11.1 Å². The highest BCUT2D eigenvalue weighted by Crippen LogP contribution is 2.36. The molecule has 2 aromatic rings. The van der Waals surface area contributed by atoms with Gasteiger partial charge in [0.1, 0.15) is 5.75 Å². The van der Waals surface area contributed by atoms with Crippen LogP contribution in [-0.2, 0) is 5.41 Å². The van der Waals surface area contributed by atoms with Gasteiger partial charge in [0.15, 0.2) is 0 Å². The second kappa shape index (κ2) is 5.76. The van der Waals surface area contributed by atoms with Crippen molar-refractivity contribution in [1.29, 1.82) is 0 Å². The zero-order valence-electron chi connectivity index (χ0n) is 13.3. The molecule has 120 valence electrons. The average molecular weight is 313 g/mol. The molecule has 0 fully saturated rings. The lowest BCUT2D eigenvalue weighted by molar-refractivity contribution is 0.0697. The number of benzene rings is 2. The standard InChI is InChI=1S/C18H19NO4/c1-18(2,3)11-5-7-15(20)14(9-11)13-8-10(16(19)21)4-6-12(13)17(22)23/h4-9,20H,1-3H3,(H2,19,21)(H,22,23).